The molecule has 18 heavy (non-hydrogen) atoms. The molecule has 0 aliphatic heterocycles. The molecule has 1 fully saturated rings. The van der Waals surface area contributed by atoms with Crippen molar-refractivity contribution in [2.45, 2.75) is 52.1 Å². The van der Waals surface area contributed by atoms with E-state index in [1.165, 1.54) is 5.57 Å². The van der Waals surface area contributed by atoms with Gasteiger partial charge in [-0.25, -0.2) is 0 Å². The molecule has 2 aliphatic carbocycles. The Hall–Kier alpha value is -0.380. The van der Waals surface area contributed by atoms with Crippen molar-refractivity contribution in [3.63, 3.8) is 0 Å². The molecule has 0 bridgehead atoms. The molecule has 104 valence electrons. The van der Waals surface area contributed by atoms with Crippen molar-refractivity contribution in [1.82, 2.24) is 0 Å². The van der Waals surface area contributed by atoms with Gasteiger partial charge in [-0.15, -0.1) is 0 Å². The molecule has 0 heterocycles. The van der Waals surface area contributed by atoms with Crippen LogP contribution in [0.25, 0.3) is 0 Å². The number of aliphatic hydroxyl groups is 3. The van der Waals surface area contributed by atoms with Gasteiger partial charge in [-0.1, -0.05) is 19.4 Å². The zero-order chi connectivity index (χ0) is 13.6. The first-order valence-electron chi connectivity index (χ1n) is 6.96. The fraction of sp³-hybridized carbons (Fsp3) is 0.867. The molecular weight excluding hydrogens is 228 g/mol. The van der Waals surface area contributed by atoms with Crippen molar-refractivity contribution in [2.75, 3.05) is 13.2 Å². The van der Waals surface area contributed by atoms with Crippen molar-refractivity contribution >= 4 is 0 Å². The standard InChI is InChI=1S/C15H26O3/c1-14(2)6-11-12(9-17)10(8-16)4-5-15(3,18)13(11)7-14/h10,13,16-18H,4-9H2,1-3H3/t10-,13-,15-/m1/s1. The highest BCUT2D eigenvalue weighted by Crippen LogP contribution is 2.53. The lowest BCUT2D eigenvalue weighted by molar-refractivity contribution is 0.000242. The van der Waals surface area contributed by atoms with E-state index in [9.17, 15) is 15.3 Å². The Morgan fingerprint density at radius 2 is 1.89 bits per heavy atom. The molecule has 0 spiro atoms. The van der Waals surface area contributed by atoms with Gasteiger partial charge in [0.2, 0.25) is 0 Å². The maximum Gasteiger partial charge on any atom is 0.0685 e. The molecule has 3 heteroatoms. The Labute approximate surface area is 110 Å². The minimum atomic E-state index is -0.701. The fourth-order valence-corrected chi connectivity index (χ4v) is 3.83. The van der Waals surface area contributed by atoms with E-state index in [4.69, 9.17) is 0 Å². The van der Waals surface area contributed by atoms with Crippen LogP contribution in [0.4, 0.5) is 0 Å². The molecule has 0 aromatic heterocycles. The highest BCUT2D eigenvalue weighted by Gasteiger charge is 2.47. The first kappa shape index (κ1) is 14.0. The van der Waals surface area contributed by atoms with Crippen LogP contribution in [-0.4, -0.2) is 34.1 Å². The number of rotatable bonds is 2. The highest BCUT2D eigenvalue weighted by atomic mass is 16.3. The molecule has 0 saturated heterocycles. The predicted molar refractivity (Wildman–Crippen MR) is 71.1 cm³/mol. The van der Waals surface area contributed by atoms with Gasteiger partial charge in [-0.2, -0.15) is 0 Å². The first-order chi connectivity index (χ1) is 8.30. The van der Waals surface area contributed by atoms with E-state index >= 15 is 0 Å². The molecule has 1 saturated carbocycles. The maximum absolute atomic E-state index is 10.7. The average molecular weight is 254 g/mol. The second kappa shape index (κ2) is 4.62. The summed E-state index contributed by atoms with van der Waals surface area (Å²) < 4.78 is 0. The quantitative estimate of drug-likeness (QED) is 0.659. The van der Waals surface area contributed by atoms with Crippen LogP contribution in [0.2, 0.25) is 0 Å². The number of aliphatic hydroxyl groups excluding tert-OH is 2. The van der Waals surface area contributed by atoms with Crippen LogP contribution in [-0.2, 0) is 0 Å². The molecule has 3 N–H and O–H groups in total. The molecular formula is C15H26O3. The van der Waals surface area contributed by atoms with Gasteiger partial charge in [-0.3, -0.25) is 0 Å². The molecule has 2 rings (SSSR count). The predicted octanol–water partition coefficient (Wildman–Crippen LogP) is 1.86. The van der Waals surface area contributed by atoms with Crippen LogP contribution < -0.4 is 0 Å². The summed E-state index contributed by atoms with van der Waals surface area (Å²) in [7, 11) is 0. The zero-order valence-corrected chi connectivity index (χ0v) is 11.7. The lowest BCUT2D eigenvalue weighted by Crippen LogP contribution is -2.33. The molecule has 3 atom stereocenters. The lowest BCUT2D eigenvalue weighted by atomic mass is 9.81. The Bertz CT molecular complexity index is 355. The van der Waals surface area contributed by atoms with Crippen LogP contribution >= 0.6 is 0 Å². The van der Waals surface area contributed by atoms with Gasteiger partial charge in [-0.05, 0) is 43.6 Å². The maximum atomic E-state index is 10.7. The van der Waals surface area contributed by atoms with Gasteiger partial charge in [0.25, 0.3) is 0 Å². The largest absolute Gasteiger partial charge is 0.396 e. The number of hydrogen-bond acceptors (Lipinski definition) is 3. The molecule has 0 aromatic carbocycles. The molecule has 3 nitrogen and oxygen atoms in total. The molecule has 0 unspecified atom stereocenters. The van der Waals surface area contributed by atoms with Crippen LogP contribution in [0.1, 0.15) is 46.5 Å². The van der Waals surface area contributed by atoms with Gasteiger partial charge < -0.3 is 15.3 Å². The molecule has 2 aliphatic rings. The molecule has 0 radical (unpaired) electrons. The Morgan fingerprint density at radius 3 is 2.44 bits per heavy atom. The summed E-state index contributed by atoms with van der Waals surface area (Å²) in [6.45, 7) is 6.43. The second-order valence-corrected chi connectivity index (χ2v) is 7.08. The van der Waals surface area contributed by atoms with Crippen LogP contribution in [0.15, 0.2) is 11.1 Å². The lowest BCUT2D eigenvalue weighted by Gasteiger charge is -2.31. The van der Waals surface area contributed by atoms with Gasteiger partial charge in [0.1, 0.15) is 0 Å². The van der Waals surface area contributed by atoms with Crippen molar-refractivity contribution in [1.29, 1.82) is 0 Å². The van der Waals surface area contributed by atoms with Gasteiger partial charge in [0, 0.05) is 18.4 Å². The van der Waals surface area contributed by atoms with E-state index in [0.29, 0.717) is 6.42 Å². The van der Waals surface area contributed by atoms with Crippen LogP contribution in [0.5, 0.6) is 0 Å². The minimum absolute atomic E-state index is 0.0171. The third-order valence-corrected chi connectivity index (χ3v) is 4.89. The third-order valence-electron chi connectivity index (χ3n) is 4.89. The Morgan fingerprint density at radius 1 is 1.22 bits per heavy atom. The van der Waals surface area contributed by atoms with Crippen molar-refractivity contribution in [3.05, 3.63) is 11.1 Å². The Kier molecular flexibility index (Phi) is 3.60. The van der Waals surface area contributed by atoms with E-state index < -0.39 is 5.60 Å². The summed E-state index contributed by atoms with van der Waals surface area (Å²) in [5.74, 6) is 0.168. The summed E-state index contributed by atoms with van der Waals surface area (Å²) in [6, 6.07) is 0. The summed E-state index contributed by atoms with van der Waals surface area (Å²) in [4.78, 5) is 0. The van der Waals surface area contributed by atoms with Crippen molar-refractivity contribution < 1.29 is 15.3 Å². The second-order valence-electron chi connectivity index (χ2n) is 7.08. The van der Waals surface area contributed by atoms with E-state index in [1.807, 2.05) is 6.92 Å². The monoisotopic (exact) mass is 254 g/mol. The normalized spacial score (nSPS) is 39.7. The van der Waals surface area contributed by atoms with E-state index in [-0.39, 0.29) is 30.5 Å². The summed E-state index contributed by atoms with van der Waals surface area (Å²) in [5.41, 5.74) is 1.68. The Balaban J connectivity index is 2.46. The van der Waals surface area contributed by atoms with Crippen LogP contribution in [0, 0.1) is 17.3 Å². The van der Waals surface area contributed by atoms with Crippen molar-refractivity contribution in [2.24, 2.45) is 17.3 Å². The van der Waals surface area contributed by atoms with Crippen molar-refractivity contribution in [3.8, 4) is 0 Å². The summed E-state index contributed by atoms with van der Waals surface area (Å²) in [5, 5.41) is 29.9. The summed E-state index contributed by atoms with van der Waals surface area (Å²) >= 11 is 0. The van der Waals surface area contributed by atoms with Gasteiger partial charge in [0.15, 0.2) is 0 Å². The molecule has 0 aromatic rings. The molecule has 0 amide bonds. The first-order valence-corrected chi connectivity index (χ1v) is 6.96. The smallest absolute Gasteiger partial charge is 0.0685 e. The van der Waals surface area contributed by atoms with E-state index in [2.05, 4.69) is 13.8 Å². The van der Waals surface area contributed by atoms with Gasteiger partial charge in [0.05, 0.1) is 12.2 Å². The fourth-order valence-electron chi connectivity index (χ4n) is 3.83. The van der Waals surface area contributed by atoms with Gasteiger partial charge >= 0.3 is 0 Å². The van der Waals surface area contributed by atoms with E-state index in [0.717, 1.165) is 24.8 Å². The number of hydrogen-bond donors (Lipinski definition) is 3. The van der Waals surface area contributed by atoms with E-state index in [1.54, 1.807) is 0 Å². The number of fused-ring (bicyclic) bond motifs is 1. The SMILES string of the molecule is CC1(C)CC2=C(CO)[C@@H](CO)CC[C@@](C)(O)[C@@H]2C1. The zero-order valence-electron chi connectivity index (χ0n) is 11.7. The minimum Gasteiger partial charge on any atom is -0.396 e. The topological polar surface area (TPSA) is 60.7 Å². The average Bonchev–Trinajstić information content (AvgIpc) is 2.56. The summed E-state index contributed by atoms with van der Waals surface area (Å²) in [6.07, 6.45) is 3.36. The van der Waals surface area contributed by atoms with Crippen LogP contribution in [0.3, 0.4) is 0 Å². The highest BCUT2D eigenvalue weighted by molar-refractivity contribution is 5.30. The third kappa shape index (κ3) is 2.36.